The second-order valence-corrected chi connectivity index (χ2v) is 6.56. The number of aryl methyl sites for hydroxylation is 2. The molecule has 0 amide bonds. The first-order valence-electron chi connectivity index (χ1n) is 7.34. The van der Waals surface area contributed by atoms with Crippen LogP contribution in [0.25, 0.3) is 10.2 Å². The first-order chi connectivity index (χ1) is 11.2. The highest BCUT2D eigenvalue weighted by molar-refractivity contribution is 7.18. The van der Waals surface area contributed by atoms with Crippen molar-refractivity contribution in [2.45, 2.75) is 25.8 Å². The molecular formula is C16H14N2O4S. The molecule has 0 bridgehead atoms. The lowest BCUT2D eigenvalue weighted by molar-refractivity contribution is 0.0563. The van der Waals surface area contributed by atoms with Crippen molar-refractivity contribution < 1.29 is 13.9 Å². The van der Waals surface area contributed by atoms with Crippen LogP contribution in [0.2, 0.25) is 0 Å². The Bertz CT molecular complexity index is 966. The van der Waals surface area contributed by atoms with Gasteiger partial charge in [-0.2, -0.15) is 0 Å². The number of thiophene rings is 1. The molecule has 0 saturated carbocycles. The van der Waals surface area contributed by atoms with Crippen molar-refractivity contribution in [3.8, 4) is 0 Å². The number of hydrogen-bond acceptors (Lipinski definition) is 6. The van der Waals surface area contributed by atoms with Gasteiger partial charge in [0.15, 0.2) is 0 Å². The topological polar surface area (TPSA) is 74.3 Å². The fraction of sp³-hybridized carbons (Fsp3) is 0.312. The van der Waals surface area contributed by atoms with Crippen molar-refractivity contribution in [3.05, 3.63) is 50.8 Å². The normalized spacial score (nSPS) is 13.4. The van der Waals surface area contributed by atoms with Crippen molar-refractivity contribution >= 4 is 27.5 Å². The number of carbonyl (C=O) groups excluding carboxylic acids is 1. The second kappa shape index (κ2) is 5.34. The lowest BCUT2D eigenvalue weighted by Crippen LogP contribution is -2.21. The maximum Gasteiger partial charge on any atom is 0.373 e. The highest BCUT2D eigenvalue weighted by atomic mass is 32.1. The van der Waals surface area contributed by atoms with E-state index < -0.39 is 5.97 Å². The van der Waals surface area contributed by atoms with E-state index >= 15 is 0 Å². The molecule has 23 heavy (non-hydrogen) atoms. The van der Waals surface area contributed by atoms with Gasteiger partial charge in [-0.05, 0) is 37.0 Å². The highest BCUT2D eigenvalue weighted by Crippen LogP contribution is 2.34. The quantitative estimate of drug-likeness (QED) is 0.689. The maximum absolute atomic E-state index is 12.7. The monoisotopic (exact) mass is 330 g/mol. The summed E-state index contributed by atoms with van der Waals surface area (Å²) < 4.78 is 11.6. The Hall–Kier alpha value is -2.41. The zero-order valence-electron chi connectivity index (χ0n) is 12.5. The number of esters is 1. The summed E-state index contributed by atoms with van der Waals surface area (Å²) in [6.07, 6.45) is 4.63. The van der Waals surface area contributed by atoms with Gasteiger partial charge in [-0.1, -0.05) is 0 Å². The van der Waals surface area contributed by atoms with E-state index in [2.05, 4.69) is 9.72 Å². The largest absolute Gasteiger partial charge is 0.463 e. The van der Waals surface area contributed by atoms with Crippen LogP contribution in [0.3, 0.4) is 0 Å². The average Bonchev–Trinajstić information content (AvgIpc) is 3.24. The Morgan fingerprint density at radius 3 is 3.13 bits per heavy atom. The van der Waals surface area contributed by atoms with E-state index in [9.17, 15) is 9.59 Å². The molecule has 0 spiro atoms. The summed E-state index contributed by atoms with van der Waals surface area (Å²) in [5.41, 5.74) is 1.11. The van der Waals surface area contributed by atoms with Crippen LogP contribution in [-0.4, -0.2) is 22.6 Å². The summed E-state index contributed by atoms with van der Waals surface area (Å²) >= 11 is 1.62. The molecule has 0 saturated heterocycles. The van der Waals surface area contributed by atoms with E-state index in [4.69, 9.17) is 4.42 Å². The van der Waals surface area contributed by atoms with Gasteiger partial charge in [0.2, 0.25) is 5.76 Å². The van der Waals surface area contributed by atoms with Crippen LogP contribution in [0.4, 0.5) is 0 Å². The third kappa shape index (κ3) is 2.28. The molecule has 118 valence electrons. The van der Waals surface area contributed by atoms with Gasteiger partial charge in [-0.15, -0.1) is 11.3 Å². The van der Waals surface area contributed by atoms with Crippen LogP contribution < -0.4 is 5.56 Å². The Morgan fingerprint density at radius 1 is 1.43 bits per heavy atom. The van der Waals surface area contributed by atoms with Gasteiger partial charge in [0, 0.05) is 4.88 Å². The first-order valence-corrected chi connectivity index (χ1v) is 8.15. The molecule has 3 aromatic heterocycles. The molecule has 0 aliphatic heterocycles. The molecule has 7 heteroatoms. The van der Waals surface area contributed by atoms with Crippen molar-refractivity contribution in [3.63, 3.8) is 0 Å². The molecular weight excluding hydrogens is 316 g/mol. The molecule has 0 N–H and O–H groups in total. The summed E-state index contributed by atoms with van der Waals surface area (Å²) in [5.74, 6) is 0.106. The molecule has 0 aromatic carbocycles. The average molecular weight is 330 g/mol. The molecule has 3 heterocycles. The van der Waals surface area contributed by atoms with E-state index in [1.807, 2.05) is 0 Å². The van der Waals surface area contributed by atoms with Crippen molar-refractivity contribution in [1.82, 2.24) is 9.55 Å². The first kappa shape index (κ1) is 14.2. The molecule has 0 fully saturated rings. The number of aromatic nitrogens is 2. The van der Waals surface area contributed by atoms with E-state index in [0.717, 1.165) is 35.0 Å². The number of ether oxygens (including phenoxy) is 1. The highest BCUT2D eigenvalue weighted by Gasteiger charge is 2.21. The fourth-order valence-corrected chi connectivity index (χ4v) is 4.19. The minimum Gasteiger partial charge on any atom is -0.463 e. The summed E-state index contributed by atoms with van der Waals surface area (Å²) in [6.45, 7) is 0.239. The lowest BCUT2D eigenvalue weighted by Gasteiger charge is -2.03. The standard InChI is InChI=1S/C16H14N2O4S/c1-21-16(20)11-6-5-9(22-11)7-18-8-17-14-13(15(18)19)10-3-2-4-12(10)23-14/h5-6,8H,2-4,7H2,1H3. The van der Waals surface area contributed by atoms with Crippen LogP contribution in [0.15, 0.2) is 27.7 Å². The van der Waals surface area contributed by atoms with Crippen molar-refractivity contribution in [2.75, 3.05) is 7.11 Å². The second-order valence-electron chi connectivity index (χ2n) is 5.47. The Labute approximate surface area is 135 Å². The Morgan fingerprint density at radius 2 is 2.30 bits per heavy atom. The van der Waals surface area contributed by atoms with Gasteiger partial charge in [0.25, 0.3) is 5.56 Å². The molecule has 3 aromatic rings. The van der Waals surface area contributed by atoms with Crippen LogP contribution >= 0.6 is 11.3 Å². The smallest absolute Gasteiger partial charge is 0.373 e. The Balaban J connectivity index is 1.72. The number of methoxy groups -OCH3 is 1. The molecule has 1 aliphatic carbocycles. The van der Waals surface area contributed by atoms with E-state index in [-0.39, 0.29) is 17.9 Å². The zero-order chi connectivity index (χ0) is 16.0. The summed E-state index contributed by atoms with van der Waals surface area (Å²) in [6, 6.07) is 3.21. The maximum atomic E-state index is 12.7. The van der Waals surface area contributed by atoms with Crippen LogP contribution in [0, 0.1) is 0 Å². The van der Waals surface area contributed by atoms with E-state index in [1.165, 1.54) is 22.9 Å². The third-order valence-corrected chi connectivity index (χ3v) is 5.27. The molecule has 6 nitrogen and oxygen atoms in total. The molecule has 0 radical (unpaired) electrons. The van der Waals surface area contributed by atoms with Gasteiger partial charge in [0.05, 0.1) is 25.4 Å². The molecule has 4 rings (SSSR count). The number of hydrogen-bond donors (Lipinski definition) is 0. The molecule has 1 aliphatic rings. The van der Waals surface area contributed by atoms with Crippen LogP contribution in [0.1, 0.15) is 33.2 Å². The minimum atomic E-state index is -0.534. The van der Waals surface area contributed by atoms with Gasteiger partial charge < -0.3 is 9.15 Å². The molecule has 0 unspecified atom stereocenters. The number of fused-ring (bicyclic) bond motifs is 3. The number of furan rings is 1. The minimum absolute atomic E-state index is 0.0505. The summed E-state index contributed by atoms with van der Waals surface area (Å²) in [7, 11) is 1.30. The van der Waals surface area contributed by atoms with Gasteiger partial charge in [-0.25, -0.2) is 9.78 Å². The van der Waals surface area contributed by atoms with Crippen LogP contribution in [-0.2, 0) is 24.1 Å². The van der Waals surface area contributed by atoms with Gasteiger partial charge in [0.1, 0.15) is 10.6 Å². The number of rotatable bonds is 3. The third-order valence-electron chi connectivity index (χ3n) is 4.07. The predicted octanol–water partition coefficient (Wildman–Crippen LogP) is 2.37. The van der Waals surface area contributed by atoms with Crippen LogP contribution in [0.5, 0.6) is 0 Å². The summed E-state index contributed by atoms with van der Waals surface area (Å²) in [5, 5.41) is 0.741. The summed E-state index contributed by atoms with van der Waals surface area (Å²) in [4.78, 5) is 30.7. The fourth-order valence-electron chi connectivity index (χ4n) is 2.97. The molecule has 0 atom stereocenters. The van der Waals surface area contributed by atoms with Gasteiger partial charge in [-0.3, -0.25) is 9.36 Å². The Kier molecular flexibility index (Phi) is 3.30. The lowest BCUT2D eigenvalue weighted by atomic mass is 10.2. The number of nitrogens with zero attached hydrogens (tertiary/aromatic N) is 2. The van der Waals surface area contributed by atoms with Crippen molar-refractivity contribution in [2.24, 2.45) is 0 Å². The van der Waals surface area contributed by atoms with Gasteiger partial charge >= 0.3 is 5.97 Å². The predicted molar refractivity (Wildman–Crippen MR) is 85.1 cm³/mol. The van der Waals surface area contributed by atoms with Crippen molar-refractivity contribution in [1.29, 1.82) is 0 Å². The number of carbonyl (C=O) groups is 1. The zero-order valence-corrected chi connectivity index (χ0v) is 13.3. The SMILES string of the molecule is COC(=O)c1ccc(Cn2cnc3sc4c(c3c2=O)CCC4)o1. The van der Waals surface area contributed by atoms with E-state index in [1.54, 1.807) is 23.5 Å². The van der Waals surface area contributed by atoms with E-state index in [0.29, 0.717) is 5.76 Å².